The molecule has 2 heterocycles. The summed E-state index contributed by atoms with van der Waals surface area (Å²) in [7, 11) is -0.918. The van der Waals surface area contributed by atoms with Crippen molar-refractivity contribution in [2.75, 3.05) is 13.6 Å². The zero-order chi connectivity index (χ0) is 15.8. The van der Waals surface area contributed by atoms with Crippen LogP contribution >= 0.6 is 0 Å². The Balaban J connectivity index is 2.41. The highest BCUT2D eigenvalue weighted by atomic mass is 32.2. The number of sulfonamides is 1. The fraction of sp³-hybridized carbons (Fsp3) is 0.500. The van der Waals surface area contributed by atoms with Gasteiger partial charge < -0.3 is 15.0 Å². The number of carboxylic acid groups (broad SMARTS) is 1. The molecule has 2 N–H and O–H groups in total. The number of carbonyl (C=O) groups is 2. The van der Waals surface area contributed by atoms with Crippen LogP contribution in [0.5, 0.6) is 0 Å². The molecule has 116 valence electrons. The highest BCUT2D eigenvalue weighted by molar-refractivity contribution is 7.89. The molecule has 0 spiro atoms. The molecule has 2 rings (SSSR count). The van der Waals surface area contributed by atoms with E-state index in [1.54, 1.807) is 7.05 Å². The predicted octanol–water partition coefficient (Wildman–Crippen LogP) is -0.378. The van der Waals surface area contributed by atoms with Gasteiger partial charge in [0.05, 0.1) is 0 Å². The fourth-order valence-corrected chi connectivity index (χ4v) is 4.16. The maximum Gasteiger partial charge on any atom is 0.322 e. The van der Waals surface area contributed by atoms with Crippen molar-refractivity contribution in [2.24, 2.45) is 7.05 Å². The summed E-state index contributed by atoms with van der Waals surface area (Å²) in [5, 5.41) is 11.5. The highest BCUT2D eigenvalue weighted by Crippen LogP contribution is 2.27. The van der Waals surface area contributed by atoms with Crippen molar-refractivity contribution in [3.05, 3.63) is 18.0 Å². The van der Waals surface area contributed by atoms with Crippen LogP contribution in [-0.2, 0) is 21.9 Å². The Hall–Kier alpha value is -1.87. The van der Waals surface area contributed by atoms with Crippen molar-refractivity contribution in [3.63, 3.8) is 0 Å². The summed E-state index contributed by atoms with van der Waals surface area (Å²) in [4.78, 5) is 22.7. The van der Waals surface area contributed by atoms with E-state index >= 15 is 0 Å². The van der Waals surface area contributed by atoms with E-state index in [0.29, 0.717) is 12.8 Å². The first-order valence-corrected chi connectivity index (χ1v) is 7.86. The van der Waals surface area contributed by atoms with Crippen molar-refractivity contribution in [1.82, 2.24) is 14.2 Å². The van der Waals surface area contributed by atoms with Crippen LogP contribution in [0.25, 0.3) is 0 Å². The molecular weight excluding hydrogens is 298 g/mol. The van der Waals surface area contributed by atoms with Gasteiger partial charge in [-0.25, -0.2) is 8.42 Å². The van der Waals surface area contributed by atoms with Gasteiger partial charge >= 0.3 is 5.97 Å². The average Bonchev–Trinajstić information content (AvgIpc) is 3.04. The van der Waals surface area contributed by atoms with E-state index < -0.39 is 27.9 Å². The maximum atomic E-state index is 12.5. The number of carboxylic acids is 1. The second-order valence-corrected chi connectivity index (χ2v) is 6.75. The van der Waals surface area contributed by atoms with E-state index in [1.807, 2.05) is 0 Å². The number of rotatable bonds is 4. The smallest absolute Gasteiger partial charge is 0.322 e. The SMILES string of the molecule is CNC(=O)c1cc(S(=O)(=O)N2CCC[C@@H]2C(=O)O)cn1C. The summed E-state index contributed by atoms with van der Waals surface area (Å²) in [6.07, 6.45) is 2.12. The lowest BCUT2D eigenvalue weighted by Gasteiger charge is -2.19. The molecule has 1 aromatic heterocycles. The molecule has 8 nitrogen and oxygen atoms in total. The molecule has 1 aliphatic rings. The molecule has 0 aliphatic carbocycles. The fourth-order valence-electron chi connectivity index (χ4n) is 2.44. The normalized spacial score (nSPS) is 19.6. The van der Waals surface area contributed by atoms with Gasteiger partial charge in [-0.15, -0.1) is 0 Å². The van der Waals surface area contributed by atoms with Crippen LogP contribution in [0, 0.1) is 0 Å². The van der Waals surface area contributed by atoms with Gasteiger partial charge in [0, 0.05) is 26.8 Å². The second kappa shape index (κ2) is 5.49. The van der Waals surface area contributed by atoms with E-state index in [2.05, 4.69) is 5.32 Å². The molecular formula is C12H17N3O5S. The summed E-state index contributed by atoms with van der Waals surface area (Å²) < 4.78 is 27.5. The summed E-state index contributed by atoms with van der Waals surface area (Å²) in [6, 6.07) is 0.212. The minimum Gasteiger partial charge on any atom is -0.480 e. The highest BCUT2D eigenvalue weighted by Gasteiger charge is 2.40. The van der Waals surface area contributed by atoms with E-state index in [-0.39, 0.29) is 17.1 Å². The van der Waals surface area contributed by atoms with Crippen LogP contribution in [0.3, 0.4) is 0 Å². The summed E-state index contributed by atoms with van der Waals surface area (Å²) >= 11 is 0. The van der Waals surface area contributed by atoms with Gasteiger partial charge in [0.25, 0.3) is 5.91 Å². The molecule has 9 heteroatoms. The summed E-state index contributed by atoms with van der Waals surface area (Å²) in [5.41, 5.74) is 0.196. The zero-order valence-electron chi connectivity index (χ0n) is 11.7. The van der Waals surface area contributed by atoms with E-state index in [1.165, 1.54) is 23.9 Å². The molecule has 0 radical (unpaired) electrons. The minimum absolute atomic E-state index is 0.0725. The predicted molar refractivity (Wildman–Crippen MR) is 73.4 cm³/mol. The third-order valence-electron chi connectivity index (χ3n) is 3.53. The molecule has 1 atom stereocenters. The van der Waals surface area contributed by atoms with Crippen molar-refractivity contribution >= 4 is 21.9 Å². The third kappa shape index (κ3) is 2.66. The Labute approximate surface area is 122 Å². The molecule has 1 aromatic rings. The maximum absolute atomic E-state index is 12.5. The number of aromatic nitrogens is 1. The molecule has 1 amide bonds. The van der Waals surface area contributed by atoms with Crippen LogP contribution in [0.2, 0.25) is 0 Å². The Morgan fingerprint density at radius 3 is 2.67 bits per heavy atom. The number of amides is 1. The Morgan fingerprint density at radius 1 is 1.43 bits per heavy atom. The van der Waals surface area contributed by atoms with Gasteiger partial charge in [-0.1, -0.05) is 0 Å². The first-order valence-electron chi connectivity index (χ1n) is 6.42. The topological polar surface area (TPSA) is 109 Å². The first-order chi connectivity index (χ1) is 9.78. The molecule has 0 saturated carbocycles. The van der Waals surface area contributed by atoms with Gasteiger partial charge in [-0.3, -0.25) is 9.59 Å². The second-order valence-electron chi connectivity index (χ2n) is 4.86. The minimum atomic E-state index is -3.92. The monoisotopic (exact) mass is 315 g/mol. The average molecular weight is 315 g/mol. The summed E-state index contributed by atoms with van der Waals surface area (Å²) in [5.74, 6) is -1.56. The van der Waals surface area contributed by atoms with Crippen molar-refractivity contribution in [2.45, 2.75) is 23.8 Å². The Morgan fingerprint density at radius 2 is 2.10 bits per heavy atom. The third-order valence-corrected chi connectivity index (χ3v) is 5.41. The molecule has 1 saturated heterocycles. The van der Waals surface area contributed by atoms with E-state index in [4.69, 9.17) is 5.11 Å². The zero-order valence-corrected chi connectivity index (χ0v) is 12.6. The van der Waals surface area contributed by atoms with Crippen LogP contribution in [-0.4, -0.2) is 53.9 Å². The summed E-state index contributed by atoms with van der Waals surface area (Å²) in [6.45, 7) is 0.170. The Kier molecular flexibility index (Phi) is 4.06. The quantitative estimate of drug-likeness (QED) is 0.787. The molecule has 21 heavy (non-hydrogen) atoms. The van der Waals surface area contributed by atoms with Crippen LogP contribution in [0.15, 0.2) is 17.2 Å². The largest absolute Gasteiger partial charge is 0.480 e. The van der Waals surface area contributed by atoms with Gasteiger partial charge in [-0.05, 0) is 18.9 Å². The Bertz CT molecular complexity index is 679. The van der Waals surface area contributed by atoms with Gasteiger partial charge in [0.2, 0.25) is 10.0 Å². The number of aliphatic carboxylic acids is 1. The van der Waals surface area contributed by atoms with Gasteiger partial charge in [-0.2, -0.15) is 4.31 Å². The van der Waals surface area contributed by atoms with Crippen LogP contribution < -0.4 is 5.32 Å². The first kappa shape index (κ1) is 15.5. The van der Waals surface area contributed by atoms with Crippen molar-refractivity contribution in [3.8, 4) is 0 Å². The number of hydrogen-bond donors (Lipinski definition) is 2. The van der Waals surface area contributed by atoms with Crippen molar-refractivity contribution < 1.29 is 23.1 Å². The number of carbonyl (C=O) groups excluding carboxylic acids is 1. The van der Waals surface area contributed by atoms with Crippen molar-refractivity contribution in [1.29, 1.82) is 0 Å². The standard InChI is InChI=1S/C12H17N3O5S/c1-13-11(16)10-6-8(7-14(10)2)21(19,20)15-5-3-4-9(15)12(17)18/h6-7,9H,3-5H2,1-2H3,(H,13,16)(H,17,18)/t9-/m1/s1. The molecule has 1 aliphatic heterocycles. The molecule has 1 fully saturated rings. The van der Waals surface area contributed by atoms with Gasteiger partial charge in [0.15, 0.2) is 0 Å². The lowest BCUT2D eigenvalue weighted by atomic mass is 10.2. The molecule has 0 bridgehead atoms. The molecule has 0 aromatic carbocycles. The lowest BCUT2D eigenvalue weighted by Crippen LogP contribution is -2.40. The number of nitrogens with zero attached hydrogens (tertiary/aromatic N) is 2. The molecule has 0 unspecified atom stereocenters. The van der Waals surface area contributed by atoms with Crippen LogP contribution in [0.4, 0.5) is 0 Å². The van der Waals surface area contributed by atoms with Crippen LogP contribution in [0.1, 0.15) is 23.3 Å². The number of nitrogens with one attached hydrogen (secondary N) is 1. The van der Waals surface area contributed by atoms with Gasteiger partial charge in [0.1, 0.15) is 16.6 Å². The van der Waals surface area contributed by atoms with E-state index in [0.717, 1.165) is 4.31 Å². The van der Waals surface area contributed by atoms with E-state index in [9.17, 15) is 18.0 Å². The number of hydrogen-bond acceptors (Lipinski definition) is 4. The lowest BCUT2D eigenvalue weighted by molar-refractivity contribution is -0.140. The number of aryl methyl sites for hydroxylation is 1.